The van der Waals surface area contributed by atoms with Gasteiger partial charge in [-0.2, -0.15) is 0 Å². The fourth-order valence-electron chi connectivity index (χ4n) is 4.32. The molecule has 2 saturated heterocycles. The average Bonchev–Trinajstić information content (AvgIpc) is 3.02. The quantitative estimate of drug-likeness (QED) is 0.667. The maximum Gasteiger partial charge on any atom is 0.312 e. The second-order valence-corrected chi connectivity index (χ2v) is 7.93. The predicted molar refractivity (Wildman–Crippen MR) is 105 cm³/mol. The van der Waals surface area contributed by atoms with Crippen molar-refractivity contribution in [1.82, 2.24) is 9.80 Å². The first-order chi connectivity index (χ1) is 12.6. The molecule has 0 aromatic heterocycles. The van der Waals surface area contributed by atoms with Crippen LogP contribution in [-0.4, -0.2) is 61.1 Å². The van der Waals surface area contributed by atoms with E-state index in [1.807, 2.05) is 0 Å². The summed E-state index contributed by atoms with van der Waals surface area (Å²) < 4.78 is 5.68. The zero-order valence-electron chi connectivity index (χ0n) is 16.5. The molecule has 0 amide bonds. The highest BCUT2D eigenvalue weighted by Gasteiger charge is 2.46. The van der Waals surface area contributed by atoms with E-state index in [9.17, 15) is 4.79 Å². The highest BCUT2D eigenvalue weighted by atomic mass is 16.6. The third-order valence-corrected chi connectivity index (χ3v) is 6.47. The molecule has 1 aromatic rings. The minimum Gasteiger partial charge on any atom is -0.462 e. The van der Waals surface area contributed by atoms with Crippen molar-refractivity contribution in [3.63, 3.8) is 0 Å². The Labute approximate surface area is 158 Å². The molecule has 2 aliphatic heterocycles. The third kappa shape index (κ3) is 4.66. The van der Waals surface area contributed by atoms with Gasteiger partial charge in [0.1, 0.15) is 6.10 Å². The Bertz CT molecular complexity index is 563. The Morgan fingerprint density at radius 1 is 1.00 bits per heavy atom. The first-order valence-electron chi connectivity index (χ1n) is 10.3. The molecule has 2 heterocycles. The standard InChI is InChI=1S/C22H34N2O2/c1-3-22(4-2)18-20(26-21(22)25)11-13-24-16-14-23(15-17-24)12-10-19-8-6-5-7-9-19/h5-9,20H,3-4,10-18H2,1-2H3/t20-/m0/s1. The Morgan fingerprint density at radius 3 is 2.19 bits per heavy atom. The predicted octanol–water partition coefficient (Wildman–Crippen LogP) is 3.36. The zero-order chi connectivity index (χ0) is 18.4. The number of benzene rings is 1. The summed E-state index contributed by atoms with van der Waals surface area (Å²) in [5.74, 6) is 0.0400. The molecule has 2 fully saturated rings. The molecule has 26 heavy (non-hydrogen) atoms. The molecule has 144 valence electrons. The fraction of sp³-hybridized carbons (Fsp3) is 0.682. The van der Waals surface area contributed by atoms with Crippen molar-refractivity contribution in [1.29, 1.82) is 0 Å². The van der Waals surface area contributed by atoms with Crippen molar-refractivity contribution < 1.29 is 9.53 Å². The van der Waals surface area contributed by atoms with Gasteiger partial charge in [0.15, 0.2) is 0 Å². The van der Waals surface area contributed by atoms with Crippen molar-refractivity contribution in [3.8, 4) is 0 Å². The Kier molecular flexibility index (Phi) is 6.71. The summed E-state index contributed by atoms with van der Waals surface area (Å²) in [5, 5.41) is 0. The fourth-order valence-corrected chi connectivity index (χ4v) is 4.32. The van der Waals surface area contributed by atoms with Gasteiger partial charge in [0.2, 0.25) is 0 Å². The van der Waals surface area contributed by atoms with E-state index in [0.29, 0.717) is 0 Å². The number of esters is 1. The van der Waals surface area contributed by atoms with Crippen LogP contribution in [0.15, 0.2) is 30.3 Å². The van der Waals surface area contributed by atoms with Crippen molar-refractivity contribution in [2.45, 2.75) is 52.1 Å². The summed E-state index contributed by atoms with van der Waals surface area (Å²) in [6.45, 7) is 11.0. The van der Waals surface area contributed by atoms with Gasteiger partial charge in [-0.25, -0.2) is 0 Å². The molecule has 0 unspecified atom stereocenters. The summed E-state index contributed by atoms with van der Waals surface area (Å²) in [7, 11) is 0. The van der Waals surface area contributed by atoms with Crippen LogP contribution in [0.4, 0.5) is 0 Å². The Balaban J connectivity index is 1.35. The van der Waals surface area contributed by atoms with Gasteiger partial charge >= 0.3 is 5.97 Å². The van der Waals surface area contributed by atoms with Crippen LogP contribution < -0.4 is 0 Å². The summed E-state index contributed by atoms with van der Waals surface area (Å²) in [5.41, 5.74) is 1.22. The van der Waals surface area contributed by atoms with E-state index in [1.54, 1.807) is 0 Å². The lowest BCUT2D eigenvalue weighted by Gasteiger charge is -2.35. The molecule has 0 spiro atoms. The molecular weight excluding hydrogens is 324 g/mol. The van der Waals surface area contributed by atoms with Crippen molar-refractivity contribution in [3.05, 3.63) is 35.9 Å². The van der Waals surface area contributed by atoms with Gasteiger partial charge in [0, 0.05) is 45.7 Å². The molecule has 3 rings (SSSR count). The maximum absolute atomic E-state index is 12.2. The second kappa shape index (κ2) is 9.01. The summed E-state index contributed by atoms with van der Waals surface area (Å²) in [4.78, 5) is 17.3. The topological polar surface area (TPSA) is 32.8 Å². The Morgan fingerprint density at radius 2 is 1.62 bits per heavy atom. The lowest BCUT2D eigenvalue weighted by molar-refractivity contribution is -0.149. The van der Waals surface area contributed by atoms with Crippen LogP contribution in [0.5, 0.6) is 0 Å². The van der Waals surface area contributed by atoms with E-state index in [4.69, 9.17) is 4.74 Å². The minimum atomic E-state index is -0.208. The maximum atomic E-state index is 12.2. The molecule has 4 nitrogen and oxygen atoms in total. The molecule has 0 radical (unpaired) electrons. The molecule has 0 aliphatic carbocycles. The van der Waals surface area contributed by atoms with Crippen molar-refractivity contribution in [2.75, 3.05) is 39.3 Å². The van der Waals surface area contributed by atoms with Crippen LogP contribution in [-0.2, 0) is 16.0 Å². The number of hydrogen-bond donors (Lipinski definition) is 0. The van der Waals surface area contributed by atoms with Crippen molar-refractivity contribution in [2.24, 2.45) is 5.41 Å². The number of cyclic esters (lactones) is 1. The van der Waals surface area contributed by atoms with E-state index in [0.717, 1.165) is 71.4 Å². The van der Waals surface area contributed by atoms with Crippen LogP contribution in [0.2, 0.25) is 0 Å². The van der Waals surface area contributed by atoms with E-state index < -0.39 is 0 Å². The molecule has 0 bridgehead atoms. The lowest BCUT2D eigenvalue weighted by Crippen LogP contribution is -2.47. The molecule has 1 aromatic carbocycles. The molecule has 4 heteroatoms. The largest absolute Gasteiger partial charge is 0.462 e. The first kappa shape index (κ1) is 19.4. The van der Waals surface area contributed by atoms with Gasteiger partial charge in [0.25, 0.3) is 0 Å². The third-order valence-electron chi connectivity index (χ3n) is 6.47. The van der Waals surface area contributed by atoms with Gasteiger partial charge in [-0.15, -0.1) is 0 Å². The normalized spacial score (nSPS) is 23.9. The van der Waals surface area contributed by atoms with Gasteiger partial charge in [-0.05, 0) is 31.2 Å². The summed E-state index contributed by atoms with van der Waals surface area (Å²) in [6.07, 6.45) is 4.96. The van der Waals surface area contributed by atoms with Crippen molar-refractivity contribution >= 4 is 5.97 Å². The average molecular weight is 359 g/mol. The molecule has 1 atom stereocenters. The van der Waals surface area contributed by atoms with Gasteiger partial charge in [-0.3, -0.25) is 4.79 Å². The van der Waals surface area contributed by atoms with Gasteiger partial charge < -0.3 is 14.5 Å². The van der Waals surface area contributed by atoms with Crippen LogP contribution in [0, 0.1) is 5.41 Å². The molecule has 0 saturated carbocycles. The number of rotatable bonds is 8. The molecule has 0 N–H and O–H groups in total. The summed E-state index contributed by atoms with van der Waals surface area (Å²) in [6, 6.07) is 10.7. The minimum absolute atomic E-state index is 0.0400. The number of piperazine rings is 1. The molecule has 2 aliphatic rings. The van der Waals surface area contributed by atoms with Crippen LogP contribution >= 0.6 is 0 Å². The van der Waals surface area contributed by atoms with E-state index in [1.165, 1.54) is 5.56 Å². The van der Waals surface area contributed by atoms with Gasteiger partial charge in [-0.1, -0.05) is 44.2 Å². The number of carbonyl (C=O) groups excluding carboxylic acids is 1. The van der Waals surface area contributed by atoms with Crippen LogP contribution in [0.3, 0.4) is 0 Å². The molecular formula is C22H34N2O2. The monoisotopic (exact) mass is 358 g/mol. The SMILES string of the molecule is CCC1(CC)C[C@H](CCN2CCN(CCc3ccccc3)CC2)OC1=O. The number of ether oxygens (including phenoxy) is 1. The van der Waals surface area contributed by atoms with E-state index in [2.05, 4.69) is 54.0 Å². The zero-order valence-corrected chi connectivity index (χ0v) is 16.5. The first-order valence-corrected chi connectivity index (χ1v) is 10.3. The smallest absolute Gasteiger partial charge is 0.312 e. The van der Waals surface area contributed by atoms with Crippen LogP contribution in [0.1, 0.15) is 45.1 Å². The van der Waals surface area contributed by atoms with E-state index in [-0.39, 0.29) is 17.5 Å². The number of carbonyl (C=O) groups is 1. The second-order valence-electron chi connectivity index (χ2n) is 7.93. The Hall–Kier alpha value is -1.39. The summed E-state index contributed by atoms with van der Waals surface area (Å²) >= 11 is 0. The number of nitrogens with zero attached hydrogens (tertiary/aromatic N) is 2. The highest BCUT2D eigenvalue weighted by molar-refractivity contribution is 5.78. The number of hydrogen-bond acceptors (Lipinski definition) is 4. The van der Waals surface area contributed by atoms with Gasteiger partial charge in [0.05, 0.1) is 5.41 Å². The van der Waals surface area contributed by atoms with E-state index >= 15 is 0 Å². The van der Waals surface area contributed by atoms with Crippen LogP contribution in [0.25, 0.3) is 0 Å². The lowest BCUT2D eigenvalue weighted by atomic mass is 9.79. The highest BCUT2D eigenvalue weighted by Crippen LogP contribution is 2.41.